The lowest BCUT2D eigenvalue weighted by Gasteiger charge is -2.14. The van der Waals surface area contributed by atoms with Crippen LogP contribution in [0.4, 0.5) is 0 Å². The summed E-state index contributed by atoms with van der Waals surface area (Å²) in [4.78, 5) is 30.1. The van der Waals surface area contributed by atoms with Crippen LogP contribution in [0.1, 0.15) is 18.9 Å². The number of nitrogens with zero attached hydrogens (tertiary/aromatic N) is 4. The Bertz CT molecular complexity index is 698. The lowest BCUT2D eigenvalue weighted by molar-refractivity contribution is -0.128. The molecule has 3 heterocycles. The molecule has 0 aromatic carbocycles. The Hall–Kier alpha value is -2.70. The van der Waals surface area contributed by atoms with Crippen molar-refractivity contribution >= 4 is 11.8 Å². The quantitative estimate of drug-likeness (QED) is 0.883. The first-order chi connectivity index (χ1) is 11.2. The number of rotatable bonds is 5. The maximum atomic E-state index is 12.3. The van der Waals surface area contributed by atoms with Gasteiger partial charge in [0, 0.05) is 50.2 Å². The van der Waals surface area contributed by atoms with Gasteiger partial charge in [-0.2, -0.15) is 5.10 Å². The Morgan fingerprint density at radius 2 is 2.26 bits per heavy atom. The van der Waals surface area contributed by atoms with Crippen molar-refractivity contribution in [2.75, 3.05) is 13.1 Å². The van der Waals surface area contributed by atoms with E-state index in [0.29, 0.717) is 31.9 Å². The fourth-order valence-electron chi connectivity index (χ4n) is 2.75. The topological polar surface area (TPSA) is 80.1 Å². The summed E-state index contributed by atoms with van der Waals surface area (Å²) >= 11 is 0. The predicted octanol–water partition coefficient (Wildman–Crippen LogP) is 0.752. The van der Waals surface area contributed by atoms with Crippen molar-refractivity contribution in [3.05, 3.63) is 42.4 Å². The molecule has 1 aliphatic rings. The van der Waals surface area contributed by atoms with Crippen molar-refractivity contribution < 1.29 is 9.59 Å². The summed E-state index contributed by atoms with van der Waals surface area (Å²) in [6.07, 6.45) is 5.47. The standard InChI is InChI=1S/C16H19N5O2/c1-2-20-11-13(9-14(20)22)16(23)18-10-12-5-3-6-17-15(12)21-8-4-7-19-21/h3-8,13H,2,9-11H2,1H3,(H,18,23)/t13-/m1/s1. The zero-order valence-electron chi connectivity index (χ0n) is 13.0. The second kappa shape index (κ2) is 6.60. The van der Waals surface area contributed by atoms with Crippen LogP contribution >= 0.6 is 0 Å². The van der Waals surface area contributed by atoms with Crippen LogP contribution in [0.15, 0.2) is 36.8 Å². The van der Waals surface area contributed by atoms with Crippen LogP contribution in [0.25, 0.3) is 5.82 Å². The predicted molar refractivity (Wildman–Crippen MR) is 83.6 cm³/mol. The van der Waals surface area contributed by atoms with Gasteiger partial charge in [0.25, 0.3) is 0 Å². The maximum absolute atomic E-state index is 12.3. The van der Waals surface area contributed by atoms with Gasteiger partial charge < -0.3 is 10.2 Å². The molecule has 23 heavy (non-hydrogen) atoms. The van der Waals surface area contributed by atoms with E-state index in [1.165, 1.54) is 0 Å². The number of carbonyl (C=O) groups is 2. The molecule has 1 atom stereocenters. The molecule has 1 N–H and O–H groups in total. The van der Waals surface area contributed by atoms with Gasteiger partial charge in [0.1, 0.15) is 0 Å². The highest BCUT2D eigenvalue weighted by molar-refractivity contribution is 5.89. The van der Waals surface area contributed by atoms with Crippen LogP contribution in [-0.2, 0) is 16.1 Å². The van der Waals surface area contributed by atoms with Gasteiger partial charge in [-0.25, -0.2) is 9.67 Å². The Morgan fingerprint density at radius 1 is 1.39 bits per heavy atom. The molecular weight excluding hydrogens is 294 g/mol. The molecule has 0 unspecified atom stereocenters. The average molecular weight is 313 g/mol. The monoisotopic (exact) mass is 313 g/mol. The molecule has 0 spiro atoms. The smallest absolute Gasteiger partial charge is 0.225 e. The summed E-state index contributed by atoms with van der Waals surface area (Å²) in [5.74, 6) is 0.374. The second-order valence-electron chi connectivity index (χ2n) is 5.49. The molecule has 0 radical (unpaired) electrons. The van der Waals surface area contributed by atoms with E-state index in [9.17, 15) is 9.59 Å². The number of likely N-dealkylation sites (tertiary alicyclic amines) is 1. The van der Waals surface area contributed by atoms with Gasteiger partial charge in [0.2, 0.25) is 11.8 Å². The third-order valence-corrected chi connectivity index (χ3v) is 4.01. The number of nitrogens with one attached hydrogen (secondary N) is 1. The molecule has 1 saturated heterocycles. The number of hydrogen-bond donors (Lipinski definition) is 1. The fraction of sp³-hybridized carbons (Fsp3) is 0.375. The van der Waals surface area contributed by atoms with Gasteiger partial charge in [-0.3, -0.25) is 9.59 Å². The number of aromatic nitrogens is 3. The van der Waals surface area contributed by atoms with E-state index in [-0.39, 0.29) is 17.7 Å². The van der Waals surface area contributed by atoms with Crippen LogP contribution in [0.3, 0.4) is 0 Å². The molecule has 2 amide bonds. The Balaban J connectivity index is 1.65. The lowest BCUT2D eigenvalue weighted by atomic mass is 10.1. The molecule has 2 aromatic rings. The number of carbonyl (C=O) groups excluding carboxylic acids is 2. The van der Waals surface area contributed by atoms with Crippen molar-refractivity contribution in [2.45, 2.75) is 19.9 Å². The van der Waals surface area contributed by atoms with Crippen molar-refractivity contribution in [3.8, 4) is 5.82 Å². The Morgan fingerprint density at radius 3 is 2.96 bits per heavy atom. The molecule has 120 valence electrons. The second-order valence-corrected chi connectivity index (χ2v) is 5.49. The van der Waals surface area contributed by atoms with Crippen LogP contribution in [0.5, 0.6) is 0 Å². The van der Waals surface area contributed by atoms with Crippen LogP contribution in [0, 0.1) is 5.92 Å². The minimum atomic E-state index is -0.271. The summed E-state index contributed by atoms with van der Waals surface area (Å²) in [5.41, 5.74) is 0.876. The first-order valence-corrected chi connectivity index (χ1v) is 7.68. The molecule has 1 aliphatic heterocycles. The lowest BCUT2D eigenvalue weighted by Crippen LogP contribution is -2.32. The highest BCUT2D eigenvalue weighted by Crippen LogP contribution is 2.18. The first-order valence-electron chi connectivity index (χ1n) is 7.68. The van der Waals surface area contributed by atoms with E-state index in [4.69, 9.17) is 0 Å². The third-order valence-electron chi connectivity index (χ3n) is 4.01. The fourth-order valence-corrected chi connectivity index (χ4v) is 2.75. The van der Waals surface area contributed by atoms with Crippen LogP contribution in [0.2, 0.25) is 0 Å². The van der Waals surface area contributed by atoms with Crippen molar-refractivity contribution in [3.63, 3.8) is 0 Å². The van der Waals surface area contributed by atoms with Gasteiger partial charge in [-0.1, -0.05) is 6.07 Å². The molecular formula is C16H19N5O2. The highest BCUT2D eigenvalue weighted by atomic mass is 16.2. The summed E-state index contributed by atoms with van der Waals surface area (Å²) in [6.45, 7) is 3.43. The molecule has 0 saturated carbocycles. The Kier molecular flexibility index (Phi) is 4.36. The Labute approximate surface area is 134 Å². The summed E-state index contributed by atoms with van der Waals surface area (Å²) in [7, 11) is 0. The molecule has 1 fully saturated rings. The minimum Gasteiger partial charge on any atom is -0.352 e. The summed E-state index contributed by atoms with van der Waals surface area (Å²) in [6, 6.07) is 5.55. The molecule has 2 aromatic heterocycles. The summed E-state index contributed by atoms with van der Waals surface area (Å²) < 4.78 is 1.67. The van der Waals surface area contributed by atoms with E-state index in [1.807, 2.05) is 31.3 Å². The van der Waals surface area contributed by atoms with E-state index in [1.54, 1.807) is 22.0 Å². The van der Waals surface area contributed by atoms with Crippen molar-refractivity contribution in [1.82, 2.24) is 25.0 Å². The molecule has 7 heteroatoms. The van der Waals surface area contributed by atoms with E-state index >= 15 is 0 Å². The average Bonchev–Trinajstić information content (AvgIpc) is 3.22. The van der Waals surface area contributed by atoms with E-state index in [2.05, 4.69) is 15.4 Å². The van der Waals surface area contributed by atoms with Gasteiger partial charge in [0.05, 0.1) is 5.92 Å². The van der Waals surface area contributed by atoms with Crippen LogP contribution in [-0.4, -0.2) is 44.6 Å². The number of amides is 2. The third kappa shape index (κ3) is 3.23. The van der Waals surface area contributed by atoms with Gasteiger partial charge >= 0.3 is 0 Å². The van der Waals surface area contributed by atoms with Crippen molar-refractivity contribution in [2.24, 2.45) is 5.92 Å². The summed E-state index contributed by atoms with van der Waals surface area (Å²) in [5, 5.41) is 7.08. The molecule has 0 aliphatic carbocycles. The van der Waals surface area contributed by atoms with E-state index in [0.717, 1.165) is 5.56 Å². The highest BCUT2D eigenvalue weighted by Gasteiger charge is 2.33. The SMILES string of the molecule is CCN1C[C@H](C(=O)NCc2cccnc2-n2cccn2)CC1=O. The van der Waals surface area contributed by atoms with Crippen LogP contribution < -0.4 is 5.32 Å². The maximum Gasteiger partial charge on any atom is 0.225 e. The van der Waals surface area contributed by atoms with Gasteiger partial charge in [0.15, 0.2) is 5.82 Å². The first kappa shape index (κ1) is 15.2. The zero-order valence-corrected chi connectivity index (χ0v) is 13.0. The number of hydrogen-bond acceptors (Lipinski definition) is 4. The molecule has 0 bridgehead atoms. The normalized spacial score (nSPS) is 17.5. The van der Waals surface area contributed by atoms with Gasteiger partial charge in [-0.05, 0) is 19.1 Å². The largest absolute Gasteiger partial charge is 0.352 e. The minimum absolute atomic E-state index is 0.0475. The van der Waals surface area contributed by atoms with Gasteiger partial charge in [-0.15, -0.1) is 0 Å². The zero-order chi connectivity index (χ0) is 16.2. The van der Waals surface area contributed by atoms with Crippen molar-refractivity contribution in [1.29, 1.82) is 0 Å². The van der Waals surface area contributed by atoms with E-state index < -0.39 is 0 Å². The molecule has 7 nitrogen and oxygen atoms in total. The molecule has 3 rings (SSSR count). The number of pyridine rings is 1.